The van der Waals surface area contributed by atoms with Crippen LogP contribution in [0.5, 0.6) is 11.5 Å². The zero-order chi connectivity index (χ0) is 15.2. The Morgan fingerprint density at radius 1 is 1.24 bits per heavy atom. The molecule has 0 atom stereocenters. The van der Waals surface area contributed by atoms with Crippen LogP contribution in [-0.2, 0) is 6.54 Å². The van der Waals surface area contributed by atoms with Gasteiger partial charge in [0.2, 0.25) is 0 Å². The number of aromatic nitrogens is 2. The highest BCUT2D eigenvalue weighted by atomic mass is 35.5. The molecule has 0 aliphatic carbocycles. The summed E-state index contributed by atoms with van der Waals surface area (Å²) in [6, 6.07) is 5.36. The zero-order valence-electron chi connectivity index (χ0n) is 11.6. The van der Waals surface area contributed by atoms with Crippen LogP contribution in [0, 0.1) is 0 Å². The predicted molar refractivity (Wildman–Crippen MR) is 77.8 cm³/mol. The van der Waals surface area contributed by atoms with E-state index in [0.717, 1.165) is 5.56 Å². The topological polar surface area (TPSA) is 73.3 Å². The van der Waals surface area contributed by atoms with E-state index in [0.29, 0.717) is 11.5 Å². The quantitative estimate of drug-likeness (QED) is 0.915. The Morgan fingerprint density at radius 3 is 2.67 bits per heavy atom. The Balaban J connectivity index is 2.08. The molecule has 2 rings (SSSR count). The maximum Gasteiger partial charge on any atom is 0.271 e. The summed E-state index contributed by atoms with van der Waals surface area (Å²) in [5.74, 6) is 1.01. The molecule has 0 bridgehead atoms. The number of rotatable bonds is 5. The molecule has 1 aromatic carbocycles. The molecule has 0 aliphatic heterocycles. The maximum absolute atomic E-state index is 12.0. The normalized spacial score (nSPS) is 10.0. The van der Waals surface area contributed by atoms with Gasteiger partial charge in [0.05, 0.1) is 26.6 Å². The van der Waals surface area contributed by atoms with Crippen molar-refractivity contribution in [1.29, 1.82) is 0 Å². The Bertz CT molecular complexity index is 632. The van der Waals surface area contributed by atoms with Gasteiger partial charge in [0.15, 0.2) is 0 Å². The number of methoxy groups -OCH3 is 2. The fraction of sp³-hybridized carbons (Fsp3) is 0.214. The highest BCUT2D eigenvalue weighted by molar-refractivity contribution is 6.29. The summed E-state index contributed by atoms with van der Waals surface area (Å²) in [6.07, 6.45) is 2.64. The van der Waals surface area contributed by atoms with Crippen LogP contribution < -0.4 is 14.8 Å². The number of nitrogens with zero attached hydrogens (tertiary/aromatic N) is 2. The van der Waals surface area contributed by atoms with Crippen molar-refractivity contribution in [3.63, 3.8) is 0 Å². The number of amides is 1. The van der Waals surface area contributed by atoms with E-state index in [-0.39, 0.29) is 23.3 Å². The molecule has 0 saturated carbocycles. The molecule has 0 aliphatic rings. The molecule has 2 aromatic rings. The van der Waals surface area contributed by atoms with Crippen LogP contribution in [0.3, 0.4) is 0 Å². The van der Waals surface area contributed by atoms with Crippen molar-refractivity contribution >= 4 is 17.5 Å². The third-order valence-corrected chi connectivity index (χ3v) is 2.98. The molecular formula is C14H14ClN3O3. The van der Waals surface area contributed by atoms with Gasteiger partial charge < -0.3 is 14.8 Å². The molecule has 0 fully saturated rings. The van der Waals surface area contributed by atoms with Gasteiger partial charge in [-0.25, -0.2) is 9.97 Å². The minimum absolute atomic E-state index is 0.196. The number of hydrogen-bond donors (Lipinski definition) is 1. The highest BCUT2D eigenvalue weighted by Gasteiger charge is 2.10. The fourth-order valence-corrected chi connectivity index (χ4v) is 1.81. The summed E-state index contributed by atoms with van der Waals surface area (Å²) in [5.41, 5.74) is 0.994. The summed E-state index contributed by atoms with van der Waals surface area (Å²) < 4.78 is 10.4. The molecule has 0 unspecified atom stereocenters. The average molecular weight is 308 g/mol. The monoisotopic (exact) mass is 307 g/mol. The minimum atomic E-state index is -0.343. The van der Waals surface area contributed by atoms with Crippen molar-refractivity contribution < 1.29 is 14.3 Å². The first-order valence-corrected chi connectivity index (χ1v) is 6.48. The Kier molecular flexibility index (Phi) is 4.94. The summed E-state index contributed by atoms with van der Waals surface area (Å²) >= 11 is 5.63. The first kappa shape index (κ1) is 15.1. The van der Waals surface area contributed by atoms with E-state index >= 15 is 0 Å². The highest BCUT2D eigenvalue weighted by Crippen LogP contribution is 2.23. The number of halogens is 1. The van der Waals surface area contributed by atoms with E-state index < -0.39 is 0 Å². The molecule has 0 saturated heterocycles. The van der Waals surface area contributed by atoms with Gasteiger partial charge in [0.25, 0.3) is 5.91 Å². The van der Waals surface area contributed by atoms with E-state index in [1.54, 1.807) is 32.4 Å². The number of nitrogens with one attached hydrogen (secondary N) is 1. The summed E-state index contributed by atoms with van der Waals surface area (Å²) in [4.78, 5) is 19.7. The molecule has 1 N–H and O–H groups in total. The van der Waals surface area contributed by atoms with Crippen LogP contribution in [0.15, 0.2) is 30.6 Å². The van der Waals surface area contributed by atoms with E-state index in [1.165, 1.54) is 12.4 Å². The van der Waals surface area contributed by atoms with Gasteiger partial charge in [0, 0.05) is 12.1 Å². The molecule has 0 radical (unpaired) electrons. The van der Waals surface area contributed by atoms with Crippen molar-refractivity contribution in [2.75, 3.05) is 14.2 Å². The van der Waals surface area contributed by atoms with Gasteiger partial charge in [-0.15, -0.1) is 0 Å². The minimum Gasteiger partial charge on any atom is -0.497 e. The molecule has 1 amide bonds. The summed E-state index contributed by atoms with van der Waals surface area (Å²) in [6.45, 7) is 0.281. The van der Waals surface area contributed by atoms with Crippen molar-refractivity contribution in [2.45, 2.75) is 6.54 Å². The Labute approximate surface area is 127 Å². The molecule has 0 spiro atoms. The lowest BCUT2D eigenvalue weighted by Crippen LogP contribution is -2.24. The van der Waals surface area contributed by atoms with Gasteiger partial charge in [0.1, 0.15) is 22.3 Å². The van der Waals surface area contributed by atoms with Crippen molar-refractivity contribution in [3.8, 4) is 11.5 Å². The van der Waals surface area contributed by atoms with Crippen LogP contribution in [0.1, 0.15) is 16.1 Å². The second-order valence-corrected chi connectivity index (χ2v) is 4.47. The van der Waals surface area contributed by atoms with Gasteiger partial charge >= 0.3 is 0 Å². The summed E-state index contributed by atoms with van der Waals surface area (Å²) in [5, 5.41) is 2.98. The number of carbonyl (C=O) groups is 1. The average Bonchev–Trinajstić information content (AvgIpc) is 2.52. The number of hydrogen-bond acceptors (Lipinski definition) is 5. The van der Waals surface area contributed by atoms with Crippen LogP contribution >= 0.6 is 11.6 Å². The third-order valence-electron chi connectivity index (χ3n) is 2.78. The Morgan fingerprint density at radius 2 is 2.05 bits per heavy atom. The fourth-order valence-electron chi connectivity index (χ4n) is 1.72. The van der Waals surface area contributed by atoms with Crippen molar-refractivity contribution in [2.24, 2.45) is 0 Å². The predicted octanol–water partition coefficient (Wildman–Crippen LogP) is 2.08. The van der Waals surface area contributed by atoms with E-state index in [9.17, 15) is 4.79 Å². The third kappa shape index (κ3) is 3.82. The van der Waals surface area contributed by atoms with Crippen LogP contribution in [0.25, 0.3) is 0 Å². The smallest absolute Gasteiger partial charge is 0.271 e. The molecule has 1 aromatic heterocycles. The summed E-state index contributed by atoms with van der Waals surface area (Å²) in [7, 11) is 3.14. The molecule has 6 nitrogen and oxygen atoms in total. The number of benzene rings is 1. The first-order valence-electron chi connectivity index (χ1n) is 6.10. The van der Waals surface area contributed by atoms with Crippen LogP contribution in [0.2, 0.25) is 5.15 Å². The standard InChI is InChI=1S/C14H14ClN3O3/c1-20-10-3-4-12(21-2)9(5-10)6-18-14(19)11-7-17-13(15)8-16-11/h3-5,7-8H,6H2,1-2H3,(H,18,19). The largest absolute Gasteiger partial charge is 0.497 e. The van der Waals surface area contributed by atoms with Crippen LogP contribution in [0.4, 0.5) is 0 Å². The van der Waals surface area contributed by atoms with Crippen LogP contribution in [-0.4, -0.2) is 30.1 Å². The second-order valence-electron chi connectivity index (χ2n) is 4.08. The first-order chi connectivity index (χ1) is 10.1. The van der Waals surface area contributed by atoms with Gasteiger partial charge in [-0.1, -0.05) is 11.6 Å². The molecule has 7 heteroatoms. The van der Waals surface area contributed by atoms with E-state index in [2.05, 4.69) is 15.3 Å². The maximum atomic E-state index is 12.0. The number of carbonyl (C=O) groups excluding carboxylic acids is 1. The molecule has 1 heterocycles. The lowest BCUT2D eigenvalue weighted by molar-refractivity contribution is 0.0945. The Hall–Kier alpha value is -2.34. The molecular weight excluding hydrogens is 294 g/mol. The van der Waals surface area contributed by atoms with Crippen molar-refractivity contribution in [1.82, 2.24) is 15.3 Å². The number of ether oxygens (including phenoxy) is 2. The SMILES string of the molecule is COc1ccc(OC)c(CNC(=O)c2cnc(Cl)cn2)c1. The molecule has 21 heavy (non-hydrogen) atoms. The van der Waals surface area contributed by atoms with Crippen molar-refractivity contribution in [3.05, 3.63) is 47.0 Å². The van der Waals surface area contributed by atoms with E-state index in [4.69, 9.17) is 21.1 Å². The van der Waals surface area contributed by atoms with Gasteiger partial charge in [-0.2, -0.15) is 0 Å². The van der Waals surface area contributed by atoms with Gasteiger partial charge in [-0.05, 0) is 18.2 Å². The lowest BCUT2D eigenvalue weighted by atomic mass is 10.2. The lowest BCUT2D eigenvalue weighted by Gasteiger charge is -2.11. The second kappa shape index (κ2) is 6.90. The zero-order valence-corrected chi connectivity index (χ0v) is 12.3. The van der Waals surface area contributed by atoms with Gasteiger partial charge in [-0.3, -0.25) is 4.79 Å². The molecule has 110 valence electrons. The van der Waals surface area contributed by atoms with E-state index in [1.807, 2.05) is 0 Å².